The molecule has 0 spiro atoms. The summed E-state index contributed by atoms with van der Waals surface area (Å²) in [4.78, 5) is 4.24. The van der Waals surface area contributed by atoms with E-state index in [0.717, 1.165) is 18.4 Å². The van der Waals surface area contributed by atoms with Gasteiger partial charge in [0.15, 0.2) is 5.76 Å². The minimum absolute atomic E-state index is 0.193. The zero-order chi connectivity index (χ0) is 11.5. The second-order valence-corrected chi connectivity index (χ2v) is 3.78. The van der Waals surface area contributed by atoms with E-state index in [1.54, 1.807) is 6.26 Å². The molecule has 2 rings (SSSR count). The van der Waals surface area contributed by atoms with E-state index in [1.807, 2.05) is 13.0 Å². The molecule has 16 heavy (non-hydrogen) atoms. The summed E-state index contributed by atoms with van der Waals surface area (Å²) in [7, 11) is 0. The van der Waals surface area contributed by atoms with Crippen molar-refractivity contribution in [2.24, 2.45) is 5.73 Å². The van der Waals surface area contributed by atoms with Crippen molar-refractivity contribution in [3.8, 4) is 11.6 Å². The first-order chi connectivity index (χ1) is 7.72. The van der Waals surface area contributed by atoms with Crippen LogP contribution in [0.15, 0.2) is 21.3 Å². The van der Waals surface area contributed by atoms with Crippen molar-refractivity contribution >= 4 is 0 Å². The van der Waals surface area contributed by atoms with Gasteiger partial charge in [0, 0.05) is 0 Å². The van der Waals surface area contributed by atoms with Gasteiger partial charge >= 0.3 is 0 Å². The van der Waals surface area contributed by atoms with Gasteiger partial charge in [-0.15, -0.1) is 0 Å². The van der Waals surface area contributed by atoms with Crippen LogP contribution in [0.4, 0.5) is 0 Å². The summed E-state index contributed by atoms with van der Waals surface area (Å²) < 4.78 is 10.4. The van der Waals surface area contributed by atoms with Crippen LogP contribution in [-0.2, 0) is 0 Å². The third-order valence-corrected chi connectivity index (χ3v) is 2.42. The van der Waals surface area contributed by atoms with Crippen molar-refractivity contribution in [2.75, 3.05) is 0 Å². The summed E-state index contributed by atoms with van der Waals surface area (Å²) in [6.07, 6.45) is 3.42. The molecule has 1 atom stereocenters. The summed E-state index contributed by atoms with van der Waals surface area (Å²) in [5, 5.41) is 3.86. The van der Waals surface area contributed by atoms with Gasteiger partial charge in [0.05, 0.1) is 12.3 Å². The average Bonchev–Trinajstić information content (AvgIpc) is 2.86. The Balaban J connectivity index is 2.23. The van der Waals surface area contributed by atoms with Crippen LogP contribution in [0.3, 0.4) is 0 Å². The highest BCUT2D eigenvalue weighted by molar-refractivity contribution is 5.50. The number of nitrogens with zero attached hydrogens (tertiary/aromatic N) is 2. The molecule has 0 aliphatic rings. The van der Waals surface area contributed by atoms with Gasteiger partial charge in [-0.25, -0.2) is 0 Å². The van der Waals surface area contributed by atoms with Gasteiger partial charge in [-0.05, 0) is 25.0 Å². The predicted octanol–water partition coefficient (Wildman–Crippen LogP) is 2.44. The largest absolute Gasteiger partial charge is 0.461 e. The number of furan rings is 1. The van der Waals surface area contributed by atoms with Gasteiger partial charge in [-0.2, -0.15) is 4.98 Å². The van der Waals surface area contributed by atoms with Gasteiger partial charge in [0.2, 0.25) is 11.7 Å². The molecule has 0 saturated heterocycles. The van der Waals surface area contributed by atoms with Crippen molar-refractivity contribution in [1.29, 1.82) is 0 Å². The zero-order valence-electron chi connectivity index (χ0n) is 9.43. The highest BCUT2D eigenvalue weighted by Crippen LogP contribution is 2.23. The van der Waals surface area contributed by atoms with E-state index in [-0.39, 0.29) is 6.04 Å². The third-order valence-electron chi connectivity index (χ3n) is 2.42. The highest BCUT2D eigenvalue weighted by atomic mass is 16.5. The van der Waals surface area contributed by atoms with E-state index in [2.05, 4.69) is 17.1 Å². The molecule has 86 valence electrons. The molecule has 2 aromatic rings. The van der Waals surface area contributed by atoms with E-state index in [1.165, 1.54) is 0 Å². The Morgan fingerprint density at radius 3 is 2.94 bits per heavy atom. The molecule has 5 nitrogen and oxygen atoms in total. The monoisotopic (exact) mass is 221 g/mol. The molecule has 0 radical (unpaired) electrons. The first-order valence-corrected chi connectivity index (χ1v) is 5.36. The van der Waals surface area contributed by atoms with Crippen LogP contribution >= 0.6 is 0 Å². The fourth-order valence-corrected chi connectivity index (χ4v) is 1.51. The lowest BCUT2D eigenvalue weighted by Crippen LogP contribution is -2.09. The number of hydrogen-bond donors (Lipinski definition) is 1. The number of aryl methyl sites for hydroxylation is 1. The Kier molecular flexibility index (Phi) is 3.05. The van der Waals surface area contributed by atoms with Crippen LogP contribution in [-0.4, -0.2) is 10.1 Å². The molecule has 0 unspecified atom stereocenters. The van der Waals surface area contributed by atoms with Gasteiger partial charge < -0.3 is 14.7 Å². The van der Waals surface area contributed by atoms with Crippen LogP contribution in [0.5, 0.6) is 0 Å². The number of rotatable bonds is 4. The van der Waals surface area contributed by atoms with E-state index < -0.39 is 0 Å². The Morgan fingerprint density at radius 2 is 2.31 bits per heavy atom. The molecule has 0 aliphatic carbocycles. The third kappa shape index (κ3) is 1.99. The highest BCUT2D eigenvalue weighted by Gasteiger charge is 2.17. The van der Waals surface area contributed by atoms with Gasteiger partial charge in [0.1, 0.15) is 0 Å². The molecule has 0 bridgehead atoms. The van der Waals surface area contributed by atoms with Gasteiger partial charge in [0.25, 0.3) is 0 Å². The first kappa shape index (κ1) is 10.9. The number of aromatic nitrogens is 2. The predicted molar refractivity (Wildman–Crippen MR) is 58.6 cm³/mol. The average molecular weight is 221 g/mol. The maximum atomic E-state index is 5.88. The van der Waals surface area contributed by atoms with Gasteiger partial charge in [-0.3, -0.25) is 0 Å². The fraction of sp³-hybridized carbons (Fsp3) is 0.455. The molecule has 2 heterocycles. The van der Waals surface area contributed by atoms with Crippen molar-refractivity contribution in [1.82, 2.24) is 10.1 Å². The van der Waals surface area contributed by atoms with Crippen LogP contribution < -0.4 is 5.73 Å². The van der Waals surface area contributed by atoms with E-state index in [0.29, 0.717) is 17.5 Å². The number of hydrogen-bond acceptors (Lipinski definition) is 5. The summed E-state index contributed by atoms with van der Waals surface area (Å²) >= 11 is 0. The quantitative estimate of drug-likeness (QED) is 0.857. The maximum absolute atomic E-state index is 5.88. The van der Waals surface area contributed by atoms with Crippen LogP contribution in [0.1, 0.15) is 37.3 Å². The maximum Gasteiger partial charge on any atom is 0.243 e. The molecule has 0 fully saturated rings. The fourth-order valence-electron chi connectivity index (χ4n) is 1.51. The van der Waals surface area contributed by atoms with Crippen molar-refractivity contribution in [2.45, 2.75) is 32.7 Å². The van der Waals surface area contributed by atoms with Gasteiger partial charge in [-0.1, -0.05) is 18.5 Å². The molecule has 0 aliphatic heterocycles. The second-order valence-electron chi connectivity index (χ2n) is 3.78. The minimum atomic E-state index is -0.193. The Bertz CT molecular complexity index is 461. The molecule has 5 heteroatoms. The number of nitrogens with two attached hydrogens (primary N) is 1. The molecule has 0 aromatic carbocycles. The molecule has 2 aromatic heterocycles. The van der Waals surface area contributed by atoms with E-state index >= 15 is 0 Å². The first-order valence-electron chi connectivity index (χ1n) is 5.36. The summed E-state index contributed by atoms with van der Waals surface area (Å²) in [6.45, 7) is 3.99. The lowest BCUT2D eigenvalue weighted by molar-refractivity contribution is 0.347. The lowest BCUT2D eigenvalue weighted by atomic mass is 10.2. The van der Waals surface area contributed by atoms with Crippen LogP contribution in [0.25, 0.3) is 11.6 Å². The van der Waals surface area contributed by atoms with Crippen LogP contribution in [0, 0.1) is 6.92 Å². The molecular weight excluding hydrogens is 206 g/mol. The van der Waals surface area contributed by atoms with E-state index in [4.69, 9.17) is 14.7 Å². The van der Waals surface area contributed by atoms with Crippen molar-refractivity contribution in [3.63, 3.8) is 0 Å². The molecule has 0 saturated carbocycles. The zero-order valence-corrected chi connectivity index (χ0v) is 9.43. The Hall–Kier alpha value is -1.62. The normalized spacial score (nSPS) is 12.9. The van der Waals surface area contributed by atoms with Crippen LogP contribution in [0.2, 0.25) is 0 Å². The minimum Gasteiger partial charge on any atom is -0.461 e. The Morgan fingerprint density at radius 1 is 1.50 bits per heavy atom. The van der Waals surface area contributed by atoms with Crippen molar-refractivity contribution in [3.05, 3.63) is 23.8 Å². The topological polar surface area (TPSA) is 78.1 Å². The second kappa shape index (κ2) is 4.49. The molecular formula is C11H15N3O2. The summed E-state index contributed by atoms with van der Waals surface area (Å²) in [5.74, 6) is 1.57. The Labute approximate surface area is 93.6 Å². The standard InChI is InChI=1S/C11H15N3O2/c1-3-4-8(12)11-13-10(14-16-11)9-7(2)5-6-15-9/h5-6,8H,3-4,12H2,1-2H3/t8-/m0/s1. The SMILES string of the molecule is CCC[C@H](N)c1nc(-c2occc2C)no1. The smallest absolute Gasteiger partial charge is 0.243 e. The molecule has 0 amide bonds. The van der Waals surface area contributed by atoms with Crippen molar-refractivity contribution < 1.29 is 8.94 Å². The molecule has 2 N–H and O–H groups in total. The summed E-state index contributed by atoms with van der Waals surface area (Å²) in [6, 6.07) is 1.67. The summed E-state index contributed by atoms with van der Waals surface area (Å²) in [5.41, 5.74) is 6.87. The lowest BCUT2D eigenvalue weighted by Gasteiger charge is -2.01. The van der Waals surface area contributed by atoms with E-state index in [9.17, 15) is 0 Å².